The van der Waals surface area contributed by atoms with E-state index in [9.17, 15) is 26.4 Å². The van der Waals surface area contributed by atoms with Gasteiger partial charge in [-0.3, -0.25) is 4.79 Å². The van der Waals surface area contributed by atoms with E-state index < -0.39 is 26.8 Å². The summed E-state index contributed by atoms with van der Waals surface area (Å²) in [7, 11) is -4.52. The molecule has 0 aliphatic heterocycles. The van der Waals surface area contributed by atoms with Crippen LogP contribution in [0.25, 0.3) is 10.8 Å². The van der Waals surface area contributed by atoms with Gasteiger partial charge in [0.15, 0.2) is 0 Å². The van der Waals surface area contributed by atoms with Crippen molar-refractivity contribution < 1.29 is 30.6 Å². The fourth-order valence-electron chi connectivity index (χ4n) is 3.95. The Balaban J connectivity index is 1.59. The SMILES string of the molecule is CC(C)N(Cc1cccc(OS(=O)(=O)c2cccc(C(F)(F)F)c2)c1)C(=O)c1cccc2ccccc12. The number of alkyl halides is 3. The summed E-state index contributed by atoms with van der Waals surface area (Å²) >= 11 is 0. The first-order valence-corrected chi connectivity index (χ1v) is 12.9. The van der Waals surface area contributed by atoms with Crippen LogP contribution in [0, 0.1) is 0 Å². The molecule has 1 amide bonds. The Morgan fingerprint density at radius 2 is 1.57 bits per heavy atom. The van der Waals surface area contributed by atoms with Gasteiger partial charge in [-0.1, -0.05) is 54.6 Å². The average molecular weight is 528 g/mol. The molecule has 0 heterocycles. The third kappa shape index (κ3) is 5.94. The highest BCUT2D eigenvalue weighted by Gasteiger charge is 2.32. The van der Waals surface area contributed by atoms with Crippen molar-refractivity contribution in [3.8, 4) is 5.75 Å². The normalized spacial score (nSPS) is 12.1. The summed E-state index contributed by atoms with van der Waals surface area (Å²) in [6.45, 7) is 3.92. The summed E-state index contributed by atoms with van der Waals surface area (Å²) in [5.74, 6) is -0.258. The Morgan fingerprint density at radius 1 is 0.892 bits per heavy atom. The summed E-state index contributed by atoms with van der Waals surface area (Å²) in [6, 6.07) is 22.4. The van der Waals surface area contributed by atoms with Crippen molar-refractivity contribution in [2.75, 3.05) is 0 Å². The molecule has 37 heavy (non-hydrogen) atoms. The van der Waals surface area contributed by atoms with Crippen LogP contribution in [0.3, 0.4) is 0 Å². The zero-order valence-electron chi connectivity index (χ0n) is 20.1. The first kappa shape index (κ1) is 26.2. The Hall–Kier alpha value is -3.85. The van der Waals surface area contributed by atoms with Crippen molar-refractivity contribution in [2.45, 2.75) is 37.5 Å². The summed E-state index contributed by atoms with van der Waals surface area (Å²) in [4.78, 5) is 14.6. The lowest BCUT2D eigenvalue weighted by atomic mass is 10.0. The van der Waals surface area contributed by atoms with Gasteiger partial charge in [0.2, 0.25) is 0 Å². The lowest BCUT2D eigenvalue weighted by Crippen LogP contribution is -2.36. The molecule has 4 aromatic carbocycles. The molecule has 192 valence electrons. The van der Waals surface area contributed by atoms with E-state index in [-0.39, 0.29) is 24.2 Å². The van der Waals surface area contributed by atoms with Gasteiger partial charge in [-0.25, -0.2) is 0 Å². The van der Waals surface area contributed by atoms with Crippen LogP contribution in [0.15, 0.2) is 95.9 Å². The highest BCUT2D eigenvalue weighted by molar-refractivity contribution is 7.87. The summed E-state index contributed by atoms with van der Waals surface area (Å²) in [5.41, 5.74) is 0.0517. The van der Waals surface area contributed by atoms with Crippen LogP contribution in [0.1, 0.15) is 35.3 Å². The van der Waals surface area contributed by atoms with Crippen molar-refractivity contribution in [1.82, 2.24) is 4.90 Å². The maximum Gasteiger partial charge on any atom is 0.416 e. The molecule has 0 aromatic heterocycles. The molecule has 0 atom stereocenters. The van der Waals surface area contributed by atoms with Crippen LogP contribution in [0.4, 0.5) is 13.2 Å². The molecule has 0 unspecified atom stereocenters. The molecule has 4 rings (SSSR count). The van der Waals surface area contributed by atoms with Crippen molar-refractivity contribution in [3.05, 3.63) is 108 Å². The zero-order valence-corrected chi connectivity index (χ0v) is 20.9. The molecule has 5 nitrogen and oxygen atoms in total. The van der Waals surface area contributed by atoms with E-state index in [2.05, 4.69) is 0 Å². The molecule has 0 aliphatic rings. The fourth-order valence-corrected chi connectivity index (χ4v) is 4.92. The second-order valence-electron chi connectivity index (χ2n) is 8.76. The second kappa shape index (κ2) is 10.3. The quantitative estimate of drug-likeness (QED) is 0.252. The third-order valence-electron chi connectivity index (χ3n) is 5.81. The number of rotatable bonds is 7. The van der Waals surface area contributed by atoms with Gasteiger partial charge in [0, 0.05) is 18.2 Å². The lowest BCUT2D eigenvalue weighted by molar-refractivity contribution is -0.137. The molecule has 0 radical (unpaired) electrons. The first-order valence-electron chi connectivity index (χ1n) is 11.4. The highest BCUT2D eigenvalue weighted by atomic mass is 32.2. The Labute approximate surface area is 213 Å². The molecule has 0 saturated carbocycles. The van der Waals surface area contributed by atoms with Crippen molar-refractivity contribution in [1.29, 1.82) is 0 Å². The second-order valence-corrected chi connectivity index (χ2v) is 10.3. The minimum absolute atomic E-state index is 0.0729. The molecule has 0 fully saturated rings. The van der Waals surface area contributed by atoms with Crippen LogP contribution >= 0.6 is 0 Å². The van der Waals surface area contributed by atoms with Gasteiger partial charge < -0.3 is 9.08 Å². The molecular weight excluding hydrogens is 503 g/mol. The van der Waals surface area contributed by atoms with Gasteiger partial charge in [-0.2, -0.15) is 21.6 Å². The number of amides is 1. The monoisotopic (exact) mass is 527 g/mol. The number of nitrogens with zero attached hydrogens (tertiary/aromatic N) is 1. The number of benzene rings is 4. The smallest absolute Gasteiger partial charge is 0.379 e. The Kier molecular flexibility index (Phi) is 7.27. The maximum absolute atomic E-state index is 13.5. The fraction of sp³-hybridized carbons (Fsp3) is 0.179. The maximum atomic E-state index is 13.5. The average Bonchev–Trinajstić information content (AvgIpc) is 2.86. The number of fused-ring (bicyclic) bond motifs is 1. The number of hydrogen-bond acceptors (Lipinski definition) is 4. The lowest BCUT2D eigenvalue weighted by Gasteiger charge is -2.27. The van der Waals surface area contributed by atoms with Gasteiger partial charge in [0.1, 0.15) is 10.6 Å². The van der Waals surface area contributed by atoms with Crippen molar-refractivity contribution in [2.24, 2.45) is 0 Å². The van der Waals surface area contributed by atoms with Crippen molar-refractivity contribution in [3.63, 3.8) is 0 Å². The molecule has 9 heteroatoms. The van der Waals surface area contributed by atoms with E-state index in [0.29, 0.717) is 17.2 Å². The minimum Gasteiger partial charge on any atom is -0.379 e. The van der Waals surface area contributed by atoms with Crippen LogP contribution in [0.5, 0.6) is 5.75 Å². The number of carbonyl (C=O) groups is 1. The van der Waals surface area contributed by atoms with E-state index >= 15 is 0 Å². The molecular formula is C28H24F3NO4S. The number of carbonyl (C=O) groups excluding carboxylic acids is 1. The van der Waals surface area contributed by atoms with Crippen molar-refractivity contribution >= 4 is 26.8 Å². The van der Waals surface area contributed by atoms with E-state index in [0.717, 1.165) is 29.0 Å². The van der Waals surface area contributed by atoms with E-state index in [4.69, 9.17) is 4.18 Å². The molecule has 4 aromatic rings. The van der Waals surface area contributed by atoms with Gasteiger partial charge in [-0.15, -0.1) is 0 Å². The molecule has 0 bridgehead atoms. The molecule has 0 N–H and O–H groups in total. The first-order chi connectivity index (χ1) is 17.5. The minimum atomic E-state index is -4.69. The summed E-state index contributed by atoms with van der Waals surface area (Å²) in [5, 5.41) is 1.76. The standard InChI is InChI=1S/C28H24F3NO4S/c1-19(2)32(27(33)26-15-6-10-21-9-3-4-14-25(21)26)18-20-8-5-12-23(16-20)36-37(34,35)24-13-7-11-22(17-24)28(29,30)31/h3-17,19H,18H2,1-2H3. The predicted molar refractivity (Wildman–Crippen MR) is 135 cm³/mol. The predicted octanol–water partition coefficient (Wildman–Crippen LogP) is 6.68. The number of halogens is 3. The van der Waals surface area contributed by atoms with E-state index in [1.165, 1.54) is 12.1 Å². The van der Waals surface area contributed by atoms with Crippen LogP contribution in [-0.4, -0.2) is 25.3 Å². The van der Waals surface area contributed by atoms with Crippen LogP contribution in [0.2, 0.25) is 0 Å². The van der Waals surface area contributed by atoms with Gasteiger partial charge in [-0.05, 0) is 66.6 Å². The number of hydrogen-bond donors (Lipinski definition) is 0. The molecule has 0 aliphatic carbocycles. The van der Waals surface area contributed by atoms with Gasteiger partial charge in [0.05, 0.1) is 5.56 Å². The summed E-state index contributed by atoms with van der Waals surface area (Å²) < 4.78 is 69.6. The topological polar surface area (TPSA) is 63.7 Å². The van der Waals surface area contributed by atoms with Crippen LogP contribution < -0.4 is 4.18 Å². The molecule has 0 spiro atoms. The van der Waals surface area contributed by atoms with Crippen LogP contribution in [-0.2, 0) is 22.8 Å². The van der Waals surface area contributed by atoms with Gasteiger partial charge in [0.25, 0.3) is 5.91 Å². The zero-order chi connectivity index (χ0) is 26.8. The highest BCUT2D eigenvalue weighted by Crippen LogP contribution is 2.31. The Morgan fingerprint density at radius 3 is 2.30 bits per heavy atom. The van der Waals surface area contributed by atoms with E-state index in [1.807, 2.05) is 50.2 Å². The third-order valence-corrected chi connectivity index (χ3v) is 7.05. The van der Waals surface area contributed by atoms with E-state index in [1.54, 1.807) is 23.1 Å². The Bertz CT molecular complexity index is 1540. The van der Waals surface area contributed by atoms with Gasteiger partial charge >= 0.3 is 16.3 Å². The largest absolute Gasteiger partial charge is 0.416 e. The summed E-state index contributed by atoms with van der Waals surface area (Å²) in [6.07, 6.45) is -4.69. The molecule has 0 saturated heterocycles.